The molecule has 0 aromatic carbocycles. The third-order valence-corrected chi connectivity index (χ3v) is 0.802. The lowest BCUT2D eigenvalue weighted by molar-refractivity contribution is 0.957. The highest BCUT2D eigenvalue weighted by Crippen LogP contribution is 1.84. The Morgan fingerprint density at radius 3 is 3.00 bits per heavy atom. The van der Waals surface area contributed by atoms with Crippen LogP contribution in [0.25, 0.3) is 0 Å². The molecule has 3 heteroatoms. The molecule has 1 aromatic rings. The fourth-order valence-corrected chi connectivity index (χ4v) is 0.401. The molecule has 1 aromatic heterocycles. The Kier molecular flexibility index (Phi) is 1.54. The van der Waals surface area contributed by atoms with Gasteiger partial charge in [-0.25, -0.2) is 9.97 Å². The lowest BCUT2D eigenvalue weighted by atomic mass is 10.4. The Morgan fingerprint density at radius 2 is 2.62 bits per heavy atom. The van der Waals surface area contributed by atoms with Crippen LogP contribution in [0, 0.1) is 6.33 Å². The predicted molar refractivity (Wildman–Crippen MR) is 28.8 cm³/mol. The minimum Gasteiger partial charge on any atom is -0.325 e. The van der Waals surface area contributed by atoms with Crippen LogP contribution in [0.4, 0.5) is 0 Å². The van der Waals surface area contributed by atoms with Gasteiger partial charge in [-0.1, -0.05) is 0 Å². The highest BCUT2D eigenvalue weighted by atomic mass is 14.8. The van der Waals surface area contributed by atoms with Gasteiger partial charge in [-0.15, -0.1) is 0 Å². The second kappa shape index (κ2) is 2.37. The molecule has 0 bridgehead atoms. The van der Waals surface area contributed by atoms with E-state index in [4.69, 9.17) is 5.73 Å². The van der Waals surface area contributed by atoms with Gasteiger partial charge in [0.05, 0.1) is 5.69 Å². The van der Waals surface area contributed by atoms with Crippen molar-refractivity contribution in [2.24, 2.45) is 5.73 Å². The second-order valence-corrected chi connectivity index (χ2v) is 1.35. The molecule has 2 N–H and O–H groups in total. The minimum absolute atomic E-state index is 0.457. The average Bonchev–Trinajstić information content (AvgIpc) is 1.90. The Balaban J connectivity index is 2.83. The Labute approximate surface area is 47.6 Å². The smallest absolute Gasteiger partial charge is 0.197 e. The summed E-state index contributed by atoms with van der Waals surface area (Å²) in [4.78, 5) is 7.34. The van der Waals surface area contributed by atoms with Crippen molar-refractivity contribution in [1.82, 2.24) is 9.97 Å². The highest BCUT2D eigenvalue weighted by Gasteiger charge is 1.83. The lowest BCUT2D eigenvalue weighted by Gasteiger charge is -1.87. The fraction of sp³-hybridized carbons (Fsp3) is 0.200. The summed E-state index contributed by atoms with van der Waals surface area (Å²) < 4.78 is 0. The van der Waals surface area contributed by atoms with Gasteiger partial charge < -0.3 is 5.73 Å². The maximum Gasteiger partial charge on any atom is 0.197 e. The van der Waals surface area contributed by atoms with E-state index in [1.165, 1.54) is 0 Å². The van der Waals surface area contributed by atoms with E-state index in [0.717, 1.165) is 5.69 Å². The van der Waals surface area contributed by atoms with Gasteiger partial charge in [-0.05, 0) is 6.07 Å². The zero-order valence-electron chi connectivity index (χ0n) is 4.33. The number of aromatic nitrogens is 2. The summed E-state index contributed by atoms with van der Waals surface area (Å²) >= 11 is 0. The molecule has 0 spiro atoms. The summed E-state index contributed by atoms with van der Waals surface area (Å²) in [5.41, 5.74) is 6.06. The Hall–Kier alpha value is -0.960. The van der Waals surface area contributed by atoms with Gasteiger partial charge in [0.2, 0.25) is 0 Å². The average molecular weight is 108 g/mol. The molecule has 8 heavy (non-hydrogen) atoms. The van der Waals surface area contributed by atoms with Crippen molar-refractivity contribution >= 4 is 0 Å². The first-order valence-electron chi connectivity index (χ1n) is 2.31. The molecule has 0 saturated carbocycles. The van der Waals surface area contributed by atoms with Crippen LogP contribution in [0.15, 0.2) is 12.3 Å². The van der Waals surface area contributed by atoms with Crippen molar-refractivity contribution in [2.45, 2.75) is 6.54 Å². The molecular weight excluding hydrogens is 102 g/mol. The van der Waals surface area contributed by atoms with Crippen molar-refractivity contribution in [1.29, 1.82) is 0 Å². The maximum absolute atomic E-state index is 5.24. The number of hydrogen-bond acceptors (Lipinski definition) is 3. The molecule has 0 aliphatic rings. The normalized spacial score (nSPS) is 9.12. The van der Waals surface area contributed by atoms with Gasteiger partial charge >= 0.3 is 0 Å². The standard InChI is InChI=1S/C5H6N3/c6-3-5-1-2-7-4-8-5/h1-2H,3,6H2. The number of rotatable bonds is 1. The van der Waals surface area contributed by atoms with E-state index in [0.29, 0.717) is 6.54 Å². The fourth-order valence-electron chi connectivity index (χ4n) is 0.401. The zero-order valence-corrected chi connectivity index (χ0v) is 4.33. The van der Waals surface area contributed by atoms with Gasteiger partial charge in [0, 0.05) is 12.7 Å². The van der Waals surface area contributed by atoms with Crippen molar-refractivity contribution < 1.29 is 0 Å². The van der Waals surface area contributed by atoms with Gasteiger partial charge in [0.25, 0.3) is 0 Å². The predicted octanol–water partition coefficient (Wildman–Crippen LogP) is -0.265. The van der Waals surface area contributed by atoms with Crippen LogP contribution in [-0.4, -0.2) is 9.97 Å². The topological polar surface area (TPSA) is 51.8 Å². The zero-order chi connectivity index (χ0) is 5.82. The van der Waals surface area contributed by atoms with E-state index in [2.05, 4.69) is 16.3 Å². The second-order valence-electron chi connectivity index (χ2n) is 1.35. The molecule has 0 saturated heterocycles. The lowest BCUT2D eigenvalue weighted by Crippen LogP contribution is -1.98. The molecule has 3 nitrogen and oxygen atoms in total. The quantitative estimate of drug-likeness (QED) is 0.539. The molecular formula is C5H6N3. The summed E-state index contributed by atoms with van der Waals surface area (Å²) in [5, 5.41) is 0. The molecule has 0 amide bonds. The first-order valence-corrected chi connectivity index (χ1v) is 2.31. The molecule has 1 heterocycles. The van der Waals surface area contributed by atoms with E-state index in [1.807, 2.05) is 0 Å². The third-order valence-electron chi connectivity index (χ3n) is 0.802. The van der Waals surface area contributed by atoms with E-state index < -0.39 is 0 Å². The highest BCUT2D eigenvalue weighted by molar-refractivity contribution is 4.95. The first kappa shape index (κ1) is 5.18. The molecule has 1 rings (SSSR count). The van der Waals surface area contributed by atoms with Crippen LogP contribution < -0.4 is 5.73 Å². The molecule has 0 aliphatic carbocycles. The summed E-state index contributed by atoms with van der Waals surface area (Å²) in [6.07, 6.45) is 4.05. The van der Waals surface area contributed by atoms with Crippen LogP contribution in [0.3, 0.4) is 0 Å². The van der Waals surface area contributed by atoms with Crippen LogP contribution in [0.2, 0.25) is 0 Å². The number of nitrogens with two attached hydrogens (primary N) is 1. The summed E-state index contributed by atoms with van der Waals surface area (Å²) in [5.74, 6) is 0. The van der Waals surface area contributed by atoms with Crippen LogP contribution >= 0.6 is 0 Å². The summed E-state index contributed by atoms with van der Waals surface area (Å²) in [6, 6.07) is 1.76. The van der Waals surface area contributed by atoms with E-state index in [-0.39, 0.29) is 0 Å². The number of hydrogen-bond donors (Lipinski definition) is 1. The Bertz CT molecular complexity index is 149. The van der Waals surface area contributed by atoms with Crippen LogP contribution in [0.1, 0.15) is 5.69 Å². The van der Waals surface area contributed by atoms with Gasteiger partial charge in [0.1, 0.15) is 0 Å². The number of nitrogens with zero attached hydrogens (tertiary/aromatic N) is 2. The van der Waals surface area contributed by atoms with E-state index in [1.54, 1.807) is 12.3 Å². The molecule has 0 unspecified atom stereocenters. The van der Waals surface area contributed by atoms with Crippen LogP contribution in [0.5, 0.6) is 0 Å². The first-order chi connectivity index (χ1) is 3.93. The van der Waals surface area contributed by atoms with Gasteiger partial charge in [-0.3, -0.25) is 0 Å². The van der Waals surface area contributed by atoms with Gasteiger partial charge in [-0.2, -0.15) is 0 Å². The van der Waals surface area contributed by atoms with Gasteiger partial charge in [0.15, 0.2) is 6.33 Å². The van der Waals surface area contributed by atoms with Crippen molar-refractivity contribution in [3.05, 3.63) is 24.3 Å². The molecule has 0 fully saturated rings. The molecule has 0 atom stereocenters. The van der Waals surface area contributed by atoms with Crippen LogP contribution in [-0.2, 0) is 6.54 Å². The Morgan fingerprint density at radius 1 is 1.75 bits per heavy atom. The van der Waals surface area contributed by atoms with E-state index >= 15 is 0 Å². The molecule has 0 aliphatic heterocycles. The van der Waals surface area contributed by atoms with Crippen molar-refractivity contribution in [3.8, 4) is 0 Å². The maximum atomic E-state index is 5.24. The molecule has 41 valence electrons. The SMILES string of the molecule is NCc1ccn[c]n1. The third kappa shape index (κ3) is 1.01. The monoisotopic (exact) mass is 108 g/mol. The van der Waals surface area contributed by atoms with Crippen molar-refractivity contribution in [2.75, 3.05) is 0 Å². The summed E-state index contributed by atoms with van der Waals surface area (Å²) in [6.45, 7) is 0.457. The summed E-state index contributed by atoms with van der Waals surface area (Å²) in [7, 11) is 0. The van der Waals surface area contributed by atoms with E-state index in [9.17, 15) is 0 Å². The largest absolute Gasteiger partial charge is 0.325 e. The van der Waals surface area contributed by atoms with Crippen molar-refractivity contribution in [3.63, 3.8) is 0 Å². The molecule has 1 radical (unpaired) electrons. The minimum atomic E-state index is 0.457.